The monoisotopic (exact) mass is 352 g/mol. The lowest BCUT2D eigenvalue weighted by molar-refractivity contribution is 0.142. The lowest BCUT2D eigenvalue weighted by Crippen LogP contribution is -2.52. The fourth-order valence-corrected chi connectivity index (χ4v) is 3.53. The summed E-state index contributed by atoms with van der Waals surface area (Å²) >= 11 is 0. The Hall–Kier alpha value is -1.89. The number of halogens is 2. The second-order valence-corrected chi connectivity index (χ2v) is 6.81. The lowest BCUT2D eigenvalue weighted by Gasteiger charge is -2.34. The van der Waals surface area contributed by atoms with Crippen LogP contribution in [0.4, 0.5) is 19.3 Å². The zero-order chi connectivity index (χ0) is 17.8. The fourth-order valence-electron chi connectivity index (χ4n) is 3.53. The van der Waals surface area contributed by atoms with E-state index in [1.54, 1.807) is 6.07 Å². The van der Waals surface area contributed by atoms with Gasteiger partial charge in [-0.3, -0.25) is 0 Å². The first-order valence-corrected chi connectivity index (χ1v) is 9.02. The summed E-state index contributed by atoms with van der Waals surface area (Å²) in [5, 5.41) is 3.03. The molecule has 0 radical (unpaired) electrons. The van der Waals surface area contributed by atoms with Crippen molar-refractivity contribution in [3.05, 3.63) is 29.8 Å². The van der Waals surface area contributed by atoms with Gasteiger partial charge in [0.25, 0.3) is 0 Å². The van der Waals surface area contributed by atoms with Crippen LogP contribution in [0.25, 0.3) is 0 Å². The van der Waals surface area contributed by atoms with Crippen molar-refractivity contribution in [2.75, 3.05) is 57.3 Å². The largest absolute Gasteiger partial charge is 0.371 e. The third-order valence-corrected chi connectivity index (χ3v) is 5.20. The summed E-state index contributed by atoms with van der Waals surface area (Å²) in [5.41, 5.74) is 0.698. The highest BCUT2D eigenvalue weighted by Gasteiger charge is 2.25. The molecule has 0 bridgehead atoms. The zero-order valence-corrected chi connectivity index (χ0v) is 14.7. The highest BCUT2D eigenvalue weighted by Crippen LogP contribution is 2.25. The maximum atomic E-state index is 13.4. The zero-order valence-electron chi connectivity index (χ0n) is 14.7. The van der Waals surface area contributed by atoms with Gasteiger partial charge in [0.15, 0.2) is 11.6 Å². The van der Waals surface area contributed by atoms with Gasteiger partial charge in [-0.05, 0) is 31.0 Å². The predicted octanol–water partition coefficient (Wildman–Crippen LogP) is 2.14. The van der Waals surface area contributed by atoms with Crippen LogP contribution >= 0.6 is 0 Å². The van der Waals surface area contributed by atoms with Crippen LogP contribution in [0.2, 0.25) is 0 Å². The van der Waals surface area contributed by atoms with Crippen LogP contribution in [-0.4, -0.2) is 68.2 Å². The van der Waals surface area contributed by atoms with Crippen molar-refractivity contribution in [3.63, 3.8) is 0 Å². The molecule has 5 nitrogen and oxygen atoms in total. The molecule has 2 saturated heterocycles. The van der Waals surface area contributed by atoms with Crippen molar-refractivity contribution in [2.45, 2.75) is 13.3 Å². The molecule has 2 aliphatic heterocycles. The molecule has 1 aromatic rings. The quantitative estimate of drug-likeness (QED) is 0.902. The Labute approximate surface area is 147 Å². The van der Waals surface area contributed by atoms with Crippen molar-refractivity contribution in [2.24, 2.45) is 5.92 Å². The molecular formula is C18H26F2N4O. The van der Waals surface area contributed by atoms with Gasteiger partial charge >= 0.3 is 6.03 Å². The van der Waals surface area contributed by atoms with Crippen LogP contribution in [0.1, 0.15) is 13.3 Å². The van der Waals surface area contributed by atoms with E-state index in [4.69, 9.17) is 0 Å². The number of benzene rings is 1. The first-order chi connectivity index (χ1) is 12.1. The fraction of sp³-hybridized carbons (Fsp3) is 0.611. The molecule has 0 saturated carbocycles. The van der Waals surface area contributed by atoms with E-state index in [-0.39, 0.29) is 6.03 Å². The molecule has 7 heteroatoms. The SMILES string of the molecule is CCN1CCN(C(=O)NCC2CCN(c3ccc(F)c(F)c3)C2)CC1. The van der Waals surface area contributed by atoms with Crippen LogP contribution in [0.15, 0.2) is 18.2 Å². The van der Waals surface area contributed by atoms with Gasteiger partial charge in [0.05, 0.1) is 0 Å². The lowest BCUT2D eigenvalue weighted by atomic mass is 10.1. The molecule has 25 heavy (non-hydrogen) atoms. The van der Waals surface area contributed by atoms with Gasteiger partial charge in [0.1, 0.15) is 0 Å². The third-order valence-electron chi connectivity index (χ3n) is 5.20. The molecule has 2 fully saturated rings. The number of likely N-dealkylation sites (N-methyl/N-ethyl adjacent to an activating group) is 1. The Morgan fingerprint density at radius 1 is 1.16 bits per heavy atom. The first kappa shape index (κ1) is 17.9. The van der Waals surface area contributed by atoms with Crippen molar-refractivity contribution in [3.8, 4) is 0 Å². The maximum absolute atomic E-state index is 13.4. The number of carbonyl (C=O) groups is 1. The Bertz CT molecular complexity index is 605. The third kappa shape index (κ3) is 4.39. The molecule has 0 spiro atoms. The molecule has 1 N–H and O–H groups in total. The molecule has 2 heterocycles. The van der Waals surface area contributed by atoms with Gasteiger partial charge < -0.3 is 20.0 Å². The van der Waals surface area contributed by atoms with Crippen molar-refractivity contribution in [1.82, 2.24) is 15.1 Å². The van der Waals surface area contributed by atoms with E-state index in [1.165, 1.54) is 6.07 Å². The number of nitrogens with zero attached hydrogens (tertiary/aromatic N) is 3. The number of piperazine rings is 1. The normalized spacial score (nSPS) is 21.6. The summed E-state index contributed by atoms with van der Waals surface area (Å²) in [6, 6.07) is 4.01. The van der Waals surface area contributed by atoms with Crippen molar-refractivity contribution >= 4 is 11.7 Å². The number of carbonyl (C=O) groups excluding carboxylic acids is 1. The van der Waals surface area contributed by atoms with E-state index in [2.05, 4.69) is 17.1 Å². The minimum absolute atomic E-state index is 0.00188. The van der Waals surface area contributed by atoms with E-state index in [1.807, 2.05) is 9.80 Å². The van der Waals surface area contributed by atoms with Crippen molar-refractivity contribution in [1.29, 1.82) is 0 Å². The highest BCUT2D eigenvalue weighted by atomic mass is 19.2. The van der Waals surface area contributed by atoms with Gasteiger partial charge in [0, 0.05) is 57.6 Å². The average Bonchev–Trinajstić information content (AvgIpc) is 3.11. The molecule has 1 unspecified atom stereocenters. The number of urea groups is 1. The minimum Gasteiger partial charge on any atom is -0.371 e. The molecule has 138 valence electrons. The van der Waals surface area contributed by atoms with Crippen molar-refractivity contribution < 1.29 is 13.6 Å². The second-order valence-electron chi connectivity index (χ2n) is 6.81. The molecule has 3 rings (SSSR count). The second kappa shape index (κ2) is 7.99. The number of nitrogens with one attached hydrogen (secondary N) is 1. The molecule has 2 amide bonds. The highest BCUT2D eigenvalue weighted by molar-refractivity contribution is 5.74. The molecule has 0 aliphatic carbocycles. The number of hydrogen-bond acceptors (Lipinski definition) is 3. The van der Waals surface area contributed by atoms with E-state index in [0.717, 1.165) is 58.3 Å². The van der Waals surface area contributed by atoms with Gasteiger partial charge in [0.2, 0.25) is 0 Å². The maximum Gasteiger partial charge on any atom is 0.317 e. The average molecular weight is 352 g/mol. The summed E-state index contributed by atoms with van der Waals surface area (Å²) in [6.07, 6.45) is 0.933. The number of rotatable bonds is 4. The van der Waals surface area contributed by atoms with Gasteiger partial charge in [-0.15, -0.1) is 0 Å². The summed E-state index contributed by atoms with van der Waals surface area (Å²) in [5.74, 6) is -1.32. The smallest absolute Gasteiger partial charge is 0.317 e. The number of amides is 2. The molecule has 2 aliphatic rings. The Kier molecular flexibility index (Phi) is 5.73. The summed E-state index contributed by atoms with van der Waals surface area (Å²) in [4.78, 5) is 18.5. The van der Waals surface area contributed by atoms with E-state index in [0.29, 0.717) is 18.2 Å². The first-order valence-electron chi connectivity index (χ1n) is 9.02. The van der Waals surface area contributed by atoms with Crippen LogP contribution in [0, 0.1) is 17.6 Å². The Morgan fingerprint density at radius 2 is 1.92 bits per heavy atom. The molecule has 1 atom stereocenters. The van der Waals surface area contributed by atoms with Crippen LogP contribution in [-0.2, 0) is 0 Å². The van der Waals surface area contributed by atoms with Crippen LogP contribution in [0.5, 0.6) is 0 Å². The number of anilines is 1. The minimum atomic E-state index is -0.824. The topological polar surface area (TPSA) is 38.8 Å². The van der Waals surface area contributed by atoms with Crippen LogP contribution < -0.4 is 10.2 Å². The van der Waals surface area contributed by atoms with E-state index >= 15 is 0 Å². The summed E-state index contributed by atoms with van der Waals surface area (Å²) in [7, 11) is 0. The summed E-state index contributed by atoms with van der Waals surface area (Å²) in [6.45, 7) is 8.71. The molecule has 1 aromatic carbocycles. The molecule has 0 aromatic heterocycles. The van der Waals surface area contributed by atoms with E-state index in [9.17, 15) is 13.6 Å². The Balaban J connectivity index is 1.44. The standard InChI is InChI=1S/C18H26F2N4O/c1-2-22-7-9-23(10-8-22)18(25)21-12-14-5-6-24(13-14)15-3-4-16(19)17(20)11-15/h3-4,11,14H,2,5-10,12-13H2,1H3,(H,21,25). The number of hydrogen-bond donors (Lipinski definition) is 1. The van der Waals surface area contributed by atoms with E-state index < -0.39 is 11.6 Å². The predicted molar refractivity (Wildman–Crippen MR) is 93.8 cm³/mol. The van der Waals surface area contributed by atoms with Crippen LogP contribution in [0.3, 0.4) is 0 Å². The summed E-state index contributed by atoms with van der Waals surface area (Å²) < 4.78 is 26.4. The van der Waals surface area contributed by atoms with Gasteiger partial charge in [-0.1, -0.05) is 6.92 Å². The molecular weight excluding hydrogens is 326 g/mol. The van der Waals surface area contributed by atoms with Gasteiger partial charge in [-0.25, -0.2) is 13.6 Å². The van der Waals surface area contributed by atoms with Gasteiger partial charge in [-0.2, -0.15) is 0 Å². The Morgan fingerprint density at radius 3 is 2.60 bits per heavy atom.